The van der Waals surface area contributed by atoms with Crippen LogP contribution in [0.2, 0.25) is 0 Å². The van der Waals surface area contributed by atoms with Gasteiger partial charge in [-0.3, -0.25) is 5.10 Å². The molecule has 2 rings (SSSR count). The minimum atomic E-state index is 1.02. The van der Waals surface area contributed by atoms with Crippen molar-refractivity contribution in [3.63, 3.8) is 0 Å². The molecule has 0 fully saturated rings. The van der Waals surface area contributed by atoms with E-state index in [1.165, 1.54) is 10.5 Å². The first-order chi connectivity index (χ1) is 6.90. The molecule has 0 saturated carbocycles. The van der Waals surface area contributed by atoms with Gasteiger partial charge in [0, 0.05) is 11.1 Å². The third-order valence-electron chi connectivity index (χ3n) is 2.04. The summed E-state index contributed by atoms with van der Waals surface area (Å²) in [6, 6.07) is 10.4. The van der Waals surface area contributed by atoms with Gasteiger partial charge in [-0.25, -0.2) is 0 Å². The molecule has 1 aromatic heterocycles. The van der Waals surface area contributed by atoms with Crippen LogP contribution in [0.4, 0.5) is 0 Å². The largest absolute Gasteiger partial charge is 0.285 e. The molecule has 0 atom stereocenters. The van der Waals surface area contributed by atoms with E-state index in [1.807, 2.05) is 12.3 Å². The van der Waals surface area contributed by atoms with E-state index in [9.17, 15) is 0 Å². The maximum atomic E-state index is 4.12. The third kappa shape index (κ3) is 1.99. The summed E-state index contributed by atoms with van der Waals surface area (Å²) in [7, 11) is 0. The summed E-state index contributed by atoms with van der Waals surface area (Å²) < 4.78 is 0. The summed E-state index contributed by atoms with van der Waals surface area (Å²) >= 11 is 1.70. The van der Waals surface area contributed by atoms with Crippen molar-refractivity contribution in [2.75, 3.05) is 0 Å². The van der Waals surface area contributed by atoms with Crippen molar-refractivity contribution < 1.29 is 0 Å². The van der Waals surface area contributed by atoms with Crippen LogP contribution in [0.5, 0.6) is 0 Å². The smallest absolute Gasteiger partial charge is 0.123 e. The highest BCUT2D eigenvalue weighted by Gasteiger charge is 2.02. The van der Waals surface area contributed by atoms with Crippen molar-refractivity contribution in [3.05, 3.63) is 42.1 Å². The molecule has 1 heterocycles. The Morgan fingerprint density at radius 1 is 1.29 bits per heavy atom. The summed E-state index contributed by atoms with van der Waals surface area (Å²) in [6.07, 6.45) is 2.91. The fourth-order valence-corrected chi connectivity index (χ4v) is 2.26. The molecule has 14 heavy (non-hydrogen) atoms. The van der Waals surface area contributed by atoms with Crippen LogP contribution < -0.4 is 0 Å². The first kappa shape index (κ1) is 9.34. The lowest BCUT2D eigenvalue weighted by atomic mass is 10.2. The highest BCUT2D eigenvalue weighted by Crippen LogP contribution is 2.28. The maximum absolute atomic E-state index is 4.12. The first-order valence-corrected chi connectivity index (χ1v) is 5.47. The van der Waals surface area contributed by atoms with Crippen LogP contribution in [-0.4, -0.2) is 10.2 Å². The van der Waals surface area contributed by atoms with Gasteiger partial charge >= 0.3 is 0 Å². The van der Waals surface area contributed by atoms with Gasteiger partial charge in [-0.05, 0) is 24.1 Å². The molecule has 1 aromatic carbocycles. The number of nitrogens with one attached hydrogen (secondary N) is 1. The van der Waals surface area contributed by atoms with Crippen LogP contribution in [0.25, 0.3) is 0 Å². The predicted molar refractivity (Wildman–Crippen MR) is 58.5 cm³/mol. The Kier molecular flexibility index (Phi) is 2.89. The number of hydrogen-bond acceptors (Lipinski definition) is 2. The second kappa shape index (κ2) is 4.33. The molecular weight excluding hydrogens is 192 g/mol. The van der Waals surface area contributed by atoms with Crippen molar-refractivity contribution in [2.45, 2.75) is 23.3 Å². The summed E-state index contributed by atoms with van der Waals surface area (Å²) in [5.74, 6) is 0. The second-order valence-corrected chi connectivity index (χ2v) is 4.04. The van der Waals surface area contributed by atoms with E-state index in [-0.39, 0.29) is 0 Å². The molecular formula is C11H12N2S. The topological polar surface area (TPSA) is 28.7 Å². The molecule has 0 amide bonds. The SMILES string of the molecule is CCc1ccccc1Sc1cc[nH]n1. The number of hydrogen-bond donors (Lipinski definition) is 1. The minimum absolute atomic E-state index is 1.02. The fourth-order valence-electron chi connectivity index (χ4n) is 1.31. The number of nitrogens with zero attached hydrogens (tertiary/aromatic N) is 1. The minimum Gasteiger partial charge on any atom is -0.285 e. The molecule has 0 radical (unpaired) electrons. The Labute approximate surface area is 87.7 Å². The molecule has 0 spiro atoms. The van der Waals surface area contributed by atoms with Crippen LogP contribution in [-0.2, 0) is 6.42 Å². The molecule has 2 nitrogen and oxygen atoms in total. The highest BCUT2D eigenvalue weighted by molar-refractivity contribution is 7.99. The van der Waals surface area contributed by atoms with E-state index in [4.69, 9.17) is 0 Å². The monoisotopic (exact) mass is 204 g/mol. The Hall–Kier alpha value is -1.22. The van der Waals surface area contributed by atoms with Gasteiger partial charge in [0.15, 0.2) is 0 Å². The lowest BCUT2D eigenvalue weighted by molar-refractivity contribution is 0.999. The number of aryl methyl sites for hydroxylation is 1. The van der Waals surface area contributed by atoms with Gasteiger partial charge in [-0.15, -0.1) is 0 Å². The Morgan fingerprint density at radius 3 is 2.86 bits per heavy atom. The summed E-state index contributed by atoms with van der Waals surface area (Å²) in [6.45, 7) is 2.17. The van der Waals surface area contributed by atoms with Crippen LogP contribution in [0, 0.1) is 0 Å². The summed E-state index contributed by atoms with van der Waals surface area (Å²) in [5, 5.41) is 7.96. The molecule has 0 bridgehead atoms. The quantitative estimate of drug-likeness (QED) is 0.832. The van der Waals surface area contributed by atoms with Crippen LogP contribution in [0.3, 0.4) is 0 Å². The van der Waals surface area contributed by atoms with E-state index in [2.05, 4.69) is 41.4 Å². The van der Waals surface area contributed by atoms with Crippen molar-refractivity contribution >= 4 is 11.8 Å². The summed E-state index contributed by atoms with van der Waals surface area (Å²) in [4.78, 5) is 1.29. The second-order valence-electron chi connectivity index (χ2n) is 2.98. The van der Waals surface area contributed by atoms with Gasteiger partial charge in [0.1, 0.15) is 5.03 Å². The number of H-pyrrole nitrogens is 1. The Morgan fingerprint density at radius 2 is 2.14 bits per heavy atom. The normalized spacial score (nSPS) is 10.4. The average molecular weight is 204 g/mol. The zero-order valence-corrected chi connectivity index (χ0v) is 8.84. The molecule has 0 aliphatic carbocycles. The van der Waals surface area contributed by atoms with Crippen molar-refractivity contribution in [2.24, 2.45) is 0 Å². The molecule has 1 N–H and O–H groups in total. The Balaban J connectivity index is 2.24. The van der Waals surface area contributed by atoms with Gasteiger partial charge in [0.25, 0.3) is 0 Å². The van der Waals surface area contributed by atoms with E-state index >= 15 is 0 Å². The average Bonchev–Trinajstić information content (AvgIpc) is 2.71. The third-order valence-corrected chi connectivity index (χ3v) is 3.10. The Bertz CT molecular complexity index is 395. The van der Waals surface area contributed by atoms with Crippen LogP contribution in [0.1, 0.15) is 12.5 Å². The first-order valence-electron chi connectivity index (χ1n) is 4.65. The van der Waals surface area contributed by atoms with Crippen LogP contribution in [0.15, 0.2) is 46.5 Å². The van der Waals surface area contributed by atoms with E-state index in [0.717, 1.165) is 11.4 Å². The number of benzene rings is 1. The molecule has 72 valence electrons. The molecule has 0 saturated heterocycles. The van der Waals surface area contributed by atoms with E-state index in [1.54, 1.807) is 11.8 Å². The van der Waals surface area contributed by atoms with E-state index in [0.29, 0.717) is 0 Å². The van der Waals surface area contributed by atoms with Gasteiger partial charge in [-0.2, -0.15) is 5.10 Å². The summed E-state index contributed by atoms with van der Waals surface area (Å²) in [5.41, 5.74) is 1.38. The van der Waals surface area contributed by atoms with E-state index < -0.39 is 0 Å². The predicted octanol–water partition coefficient (Wildman–Crippen LogP) is 3.12. The molecule has 0 aliphatic rings. The number of aromatic amines is 1. The number of aromatic nitrogens is 2. The van der Waals surface area contributed by atoms with Gasteiger partial charge < -0.3 is 0 Å². The van der Waals surface area contributed by atoms with Crippen molar-refractivity contribution in [1.29, 1.82) is 0 Å². The van der Waals surface area contributed by atoms with Crippen molar-refractivity contribution in [1.82, 2.24) is 10.2 Å². The lowest BCUT2D eigenvalue weighted by Gasteiger charge is -2.04. The van der Waals surface area contributed by atoms with Gasteiger partial charge in [0.05, 0.1) is 0 Å². The maximum Gasteiger partial charge on any atom is 0.123 e. The number of rotatable bonds is 3. The molecule has 0 aliphatic heterocycles. The van der Waals surface area contributed by atoms with Gasteiger partial charge in [-0.1, -0.05) is 36.9 Å². The standard InChI is InChI=1S/C11H12N2S/c1-2-9-5-3-4-6-10(9)14-11-7-8-12-13-11/h3-8H,2H2,1H3,(H,12,13). The lowest BCUT2D eigenvalue weighted by Crippen LogP contribution is -1.84. The molecule has 0 unspecified atom stereocenters. The fraction of sp³-hybridized carbons (Fsp3) is 0.182. The van der Waals surface area contributed by atoms with Crippen molar-refractivity contribution in [3.8, 4) is 0 Å². The zero-order chi connectivity index (χ0) is 9.80. The van der Waals surface area contributed by atoms with Crippen LogP contribution >= 0.6 is 11.8 Å². The highest BCUT2D eigenvalue weighted by atomic mass is 32.2. The molecule has 3 heteroatoms. The van der Waals surface area contributed by atoms with Gasteiger partial charge in [0.2, 0.25) is 0 Å². The zero-order valence-electron chi connectivity index (χ0n) is 8.03. The molecule has 2 aromatic rings.